The van der Waals surface area contributed by atoms with E-state index in [2.05, 4.69) is 5.10 Å². The highest BCUT2D eigenvalue weighted by Crippen LogP contribution is 2.34. The Morgan fingerprint density at radius 3 is 2.22 bits per heavy atom. The third-order valence-electron chi connectivity index (χ3n) is 5.41. The molecule has 0 spiro atoms. The van der Waals surface area contributed by atoms with Gasteiger partial charge in [-0.2, -0.15) is 5.10 Å². The highest BCUT2D eigenvalue weighted by atomic mass is 32.2. The largest absolute Gasteiger partial charge is 0.373 e. The van der Waals surface area contributed by atoms with Gasteiger partial charge in [0, 0.05) is 11.0 Å². The van der Waals surface area contributed by atoms with Crippen LogP contribution in [0.1, 0.15) is 63.2 Å². The summed E-state index contributed by atoms with van der Waals surface area (Å²) in [4.78, 5) is 34.4. The van der Waals surface area contributed by atoms with Crippen LogP contribution in [0.25, 0.3) is 0 Å². The maximum atomic E-state index is 13.3. The van der Waals surface area contributed by atoms with Gasteiger partial charge in [-0.25, -0.2) is 17.7 Å². The number of hydrazone groups is 1. The molecule has 1 amide bonds. The number of benzene rings is 1. The highest BCUT2D eigenvalue weighted by Gasteiger charge is 2.46. The number of amides is 1. The molecule has 1 aromatic carbocycles. The van der Waals surface area contributed by atoms with E-state index in [0.717, 1.165) is 17.8 Å². The fourth-order valence-electron chi connectivity index (χ4n) is 3.24. The summed E-state index contributed by atoms with van der Waals surface area (Å²) in [6, 6.07) is 8.29. The third kappa shape index (κ3) is 6.23. The summed E-state index contributed by atoms with van der Waals surface area (Å²) in [5.74, 6) is -0.772. The van der Waals surface area contributed by atoms with E-state index >= 15 is 0 Å². The van der Waals surface area contributed by atoms with E-state index in [1.165, 1.54) is 0 Å². The van der Waals surface area contributed by atoms with Crippen molar-refractivity contribution in [3.63, 3.8) is 0 Å². The van der Waals surface area contributed by atoms with Crippen molar-refractivity contribution in [2.75, 3.05) is 13.1 Å². The van der Waals surface area contributed by atoms with Gasteiger partial charge in [-0.05, 0) is 25.7 Å². The van der Waals surface area contributed by atoms with Gasteiger partial charge < -0.3 is 5.11 Å². The van der Waals surface area contributed by atoms with Crippen LogP contribution in [0.5, 0.6) is 0 Å². The van der Waals surface area contributed by atoms with E-state index in [1.807, 2.05) is 0 Å². The van der Waals surface area contributed by atoms with Crippen LogP contribution in [-0.4, -0.2) is 65.2 Å². The zero-order chi connectivity index (χ0) is 24.0. The molecule has 0 aromatic heterocycles. The molecule has 1 saturated carbocycles. The Bertz CT molecular complexity index is 948. The van der Waals surface area contributed by atoms with E-state index in [4.69, 9.17) is 0 Å². The highest BCUT2D eigenvalue weighted by molar-refractivity contribution is 7.90. The van der Waals surface area contributed by atoms with Crippen LogP contribution in [0.3, 0.4) is 0 Å². The average Bonchev–Trinajstić information content (AvgIpc) is 2.75. The Morgan fingerprint density at radius 1 is 1.09 bits per heavy atom. The first kappa shape index (κ1) is 25.7. The Morgan fingerprint density at radius 2 is 1.69 bits per heavy atom. The molecule has 0 saturated heterocycles. The number of hydrogen-bond donors (Lipinski definition) is 1. The first-order chi connectivity index (χ1) is 14.9. The number of aliphatic hydroxyl groups is 1. The van der Waals surface area contributed by atoms with E-state index in [0.29, 0.717) is 29.1 Å². The second kappa shape index (κ2) is 10.4. The van der Waals surface area contributed by atoms with E-state index < -0.39 is 33.5 Å². The summed E-state index contributed by atoms with van der Waals surface area (Å²) in [6.07, 6.45) is 3.12. The quantitative estimate of drug-likeness (QED) is 0.186. The molecule has 1 fully saturated rings. The summed E-state index contributed by atoms with van der Waals surface area (Å²) >= 11 is 0. The minimum absolute atomic E-state index is 0.0489. The molecule has 2 rings (SSSR count). The smallest absolute Gasteiger partial charge is 0.266 e. The molecule has 32 heavy (non-hydrogen) atoms. The first-order valence-electron chi connectivity index (χ1n) is 10.5. The Kier molecular flexibility index (Phi) is 8.30. The topological polar surface area (TPSA) is 124 Å². The molecule has 0 radical (unpaired) electrons. The number of Topliss-reactive ketones (excluding diaryl/α,β-unsaturated/α-hetero) is 2. The Hall–Kier alpha value is -2.59. The SMILES string of the molecule is CC(C)(C)C(=O)CN(/C=N\N(C=O)CC(=O)c1ccccc1)S(=O)(=O)C1(O)CCCCC1. The van der Waals surface area contributed by atoms with Crippen molar-refractivity contribution in [1.82, 2.24) is 9.31 Å². The number of hydrogen-bond acceptors (Lipinski definition) is 7. The van der Waals surface area contributed by atoms with Crippen LogP contribution in [0.15, 0.2) is 35.4 Å². The van der Waals surface area contributed by atoms with Crippen LogP contribution in [0.2, 0.25) is 0 Å². The average molecular weight is 466 g/mol. The van der Waals surface area contributed by atoms with E-state index in [-0.39, 0.29) is 24.4 Å². The summed E-state index contributed by atoms with van der Waals surface area (Å²) in [6.45, 7) is 4.01. The minimum atomic E-state index is -4.37. The zero-order valence-electron chi connectivity index (χ0n) is 18.7. The molecule has 10 heteroatoms. The van der Waals surface area contributed by atoms with Crippen molar-refractivity contribution in [1.29, 1.82) is 0 Å². The lowest BCUT2D eigenvalue weighted by Gasteiger charge is -2.36. The lowest BCUT2D eigenvalue weighted by Crippen LogP contribution is -2.51. The number of sulfonamides is 1. The van der Waals surface area contributed by atoms with Gasteiger partial charge in [0.1, 0.15) is 12.9 Å². The van der Waals surface area contributed by atoms with E-state index in [1.54, 1.807) is 51.1 Å². The number of carbonyl (C=O) groups is 3. The lowest BCUT2D eigenvalue weighted by atomic mass is 9.91. The van der Waals surface area contributed by atoms with Gasteiger partial charge in [-0.3, -0.25) is 14.4 Å². The van der Waals surface area contributed by atoms with Gasteiger partial charge >= 0.3 is 0 Å². The second-order valence-electron chi connectivity index (χ2n) is 8.95. The van der Waals surface area contributed by atoms with Crippen molar-refractivity contribution >= 4 is 34.3 Å². The number of nitrogens with zero attached hydrogens (tertiary/aromatic N) is 3. The van der Waals surface area contributed by atoms with Gasteiger partial charge in [0.25, 0.3) is 10.0 Å². The van der Waals surface area contributed by atoms with Crippen molar-refractivity contribution in [2.45, 2.75) is 57.8 Å². The molecule has 0 bridgehead atoms. The van der Waals surface area contributed by atoms with Crippen LogP contribution in [-0.2, 0) is 19.6 Å². The van der Waals surface area contributed by atoms with Gasteiger partial charge in [-0.1, -0.05) is 57.5 Å². The number of carbonyl (C=O) groups excluding carboxylic acids is 3. The molecule has 1 N–H and O–H groups in total. The molecular weight excluding hydrogens is 434 g/mol. The lowest BCUT2D eigenvalue weighted by molar-refractivity contribution is -0.126. The molecule has 1 aliphatic carbocycles. The third-order valence-corrected chi connectivity index (χ3v) is 7.62. The van der Waals surface area contributed by atoms with Gasteiger partial charge in [0.2, 0.25) is 6.41 Å². The van der Waals surface area contributed by atoms with E-state index in [9.17, 15) is 27.9 Å². The van der Waals surface area contributed by atoms with Crippen LogP contribution >= 0.6 is 0 Å². The van der Waals surface area contributed by atoms with Crippen molar-refractivity contribution in [3.05, 3.63) is 35.9 Å². The van der Waals surface area contributed by atoms with Crippen LogP contribution in [0, 0.1) is 5.41 Å². The maximum Gasteiger partial charge on any atom is 0.266 e. The van der Waals surface area contributed by atoms with Crippen molar-refractivity contribution in [3.8, 4) is 0 Å². The molecule has 0 heterocycles. The van der Waals surface area contributed by atoms with Crippen molar-refractivity contribution in [2.24, 2.45) is 10.5 Å². The van der Waals surface area contributed by atoms with Crippen molar-refractivity contribution < 1.29 is 27.9 Å². The molecular formula is C22H31N3O6S. The number of rotatable bonds is 10. The molecule has 1 aliphatic rings. The van der Waals surface area contributed by atoms with Crippen LogP contribution < -0.4 is 0 Å². The molecule has 0 unspecified atom stereocenters. The maximum absolute atomic E-state index is 13.3. The molecule has 9 nitrogen and oxygen atoms in total. The first-order valence-corrected chi connectivity index (χ1v) is 12.0. The number of ketones is 2. The fraction of sp³-hybridized carbons (Fsp3) is 0.545. The summed E-state index contributed by atoms with van der Waals surface area (Å²) in [7, 11) is -4.37. The normalized spacial score (nSPS) is 16.5. The Balaban J connectivity index is 2.29. The monoisotopic (exact) mass is 465 g/mol. The molecule has 0 aliphatic heterocycles. The Labute approximate surface area is 189 Å². The van der Waals surface area contributed by atoms with Gasteiger partial charge in [0.05, 0.1) is 6.54 Å². The standard InChI is InChI=1S/C22H31N3O6S/c1-21(2,3)20(28)15-25(32(30,31)22(29)12-8-5-9-13-22)16-23-24(17-26)14-19(27)18-10-6-4-7-11-18/h4,6-7,10-11,16-17,29H,5,8-9,12-15H2,1-3H3/b23-16-. The molecule has 0 atom stereocenters. The molecule has 1 aromatic rings. The predicted molar refractivity (Wildman–Crippen MR) is 120 cm³/mol. The van der Waals surface area contributed by atoms with Crippen LogP contribution in [0.4, 0.5) is 0 Å². The second-order valence-corrected chi connectivity index (χ2v) is 11.1. The van der Waals surface area contributed by atoms with Gasteiger partial charge in [0.15, 0.2) is 16.5 Å². The molecule has 176 valence electrons. The minimum Gasteiger partial charge on any atom is -0.373 e. The predicted octanol–water partition coefficient (Wildman–Crippen LogP) is 2.17. The van der Waals surface area contributed by atoms with Gasteiger partial charge in [-0.15, -0.1) is 0 Å². The fourth-order valence-corrected chi connectivity index (χ4v) is 4.93. The summed E-state index contributed by atoms with van der Waals surface area (Å²) < 4.78 is 27.2. The zero-order valence-corrected chi connectivity index (χ0v) is 19.5. The summed E-state index contributed by atoms with van der Waals surface area (Å²) in [5, 5.41) is 15.5. The summed E-state index contributed by atoms with van der Waals surface area (Å²) in [5.41, 5.74) is -0.455.